The maximum Gasteiger partial charge on any atom is 0.229 e. The normalized spacial score (nSPS) is 14.7. The highest BCUT2D eigenvalue weighted by Crippen LogP contribution is 2.26. The SMILES string of the molecule is N#CC=Cc1cnc(Nc2ccc3[nH]ccc3c2)nc1NC1CCCC1. The van der Waals surface area contributed by atoms with Crippen LogP contribution in [0.4, 0.5) is 17.5 Å². The highest BCUT2D eigenvalue weighted by molar-refractivity contribution is 5.83. The minimum absolute atomic E-state index is 0.434. The minimum atomic E-state index is 0.434. The largest absolute Gasteiger partial charge is 0.367 e. The summed E-state index contributed by atoms with van der Waals surface area (Å²) in [4.78, 5) is 12.2. The number of benzene rings is 1. The molecular weight excluding hydrogens is 324 g/mol. The van der Waals surface area contributed by atoms with Crippen LogP contribution in [0.5, 0.6) is 0 Å². The van der Waals surface area contributed by atoms with Gasteiger partial charge < -0.3 is 15.6 Å². The molecule has 0 radical (unpaired) electrons. The van der Waals surface area contributed by atoms with Gasteiger partial charge in [-0.25, -0.2) is 4.98 Å². The molecule has 0 unspecified atom stereocenters. The highest BCUT2D eigenvalue weighted by Gasteiger charge is 2.17. The molecule has 1 aliphatic carbocycles. The van der Waals surface area contributed by atoms with Crippen molar-refractivity contribution in [3.8, 4) is 6.07 Å². The molecule has 0 amide bonds. The number of fused-ring (bicyclic) bond motifs is 1. The molecule has 1 saturated carbocycles. The number of allylic oxidation sites excluding steroid dienone is 1. The van der Waals surface area contributed by atoms with Crippen molar-refractivity contribution in [3.05, 3.63) is 48.3 Å². The number of nitrogens with zero attached hydrogens (tertiary/aromatic N) is 3. The van der Waals surface area contributed by atoms with Crippen LogP contribution in [-0.2, 0) is 0 Å². The molecule has 26 heavy (non-hydrogen) atoms. The zero-order valence-corrected chi connectivity index (χ0v) is 14.4. The van der Waals surface area contributed by atoms with Crippen molar-refractivity contribution in [1.29, 1.82) is 5.26 Å². The topological polar surface area (TPSA) is 89.4 Å². The fraction of sp³-hybridized carbons (Fsp3) is 0.250. The first-order chi connectivity index (χ1) is 12.8. The molecule has 1 aliphatic rings. The fourth-order valence-electron chi connectivity index (χ4n) is 3.34. The average molecular weight is 344 g/mol. The Hall–Kier alpha value is -3.33. The lowest BCUT2D eigenvalue weighted by molar-refractivity contribution is 0.749. The number of nitriles is 1. The van der Waals surface area contributed by atoms with E-state index in [1.807, 2.05) is 30.5 Å². The zero-order valence-electron chi connectivity index (χ0n) is 14.4. The van der Waals surface area contributed by atoms with Crippen LogP contribution in [0, 0.1) is 11.3 Å². The smallest absolute Gasteiger partial charge is 0.229 e. The number of hydrogen-bond acceptors (Lipinski definition) is 5. The molecule has 3 aromatic rings. The molecule has 6 nitrogen and oxygen atoms in total. The predicted molar refractivity (Wildman–Crippen MR) is 104 cm³/mol. The average Bonchev–Trinajstić information content (AvgIpc) is 3.32. The molecule has 2 aromatic heterocycles. The van der Waals surface area contributed by atoms with E-state index in [4.69, 9.17) is 5.26 Å². The number of rotatable bonds is 5. The van der Waals surface area contributed by atoms with Crippen LogP contribution in [0.3, 0.4) is 0 Å². The lowest BCUT2D eigenvalue weighted by Crippen LogP contribution is -2.17. The summed E-state index contributed by atoms with van der Waals surface area (Å²) >= 11 is 0. The Morgan fingerprint density at radius 1 is 1.23 bits per heavy atom. The van der Waals surface area contributed by atoms with Gasteiger partial charge in [0.1, 0.15) is 5.82 Å². The lowest BCUT2D eigenvalue weighted by atomic mass is 10.2. The van der Waals surface area contributed by atoms with Crippen LogP contribution in [0.2, 0.25) is 0 Å². The van der Waals surface area contributed by atoms with Crippen molar-refractivity contribution in [1.82, 2.24) is 15.0 Å². The van der Waals surface area contributed by atoms with Crippen molar-refractivity contribution in [3.63, 3.8) is 0 Å². The van der Waals surface area contributed by atoms with Gasteiger partial charge in [-0.15, -0.1) is 0 Å². The van der Waals surface area contributed by atoms with Crippen molar-refractivity contribution in [2.45, 2.75) is 31.7 Å². The van der Waals surface area contributed by atoms with E-state index in [1.165, 1.54) is 18.9 Å². The summed E-state index contributed by atoms with van der Waals surface area (Å²) in [6.07, 6.45) is 11.6. The Bertz CT molecular complexity index is 975. The van der Waals surface area contributed by atoms with Gasteiger partial charge in [0.2, 0.25) is 5.95 Å². The number of anilines is 3. The highest BCUT2D eigenvalue weighted by atomic mass is 15.1. The van der Waals surface area contributed by atoms with Gasteiger partial charge in [0, 0.05) is 46.7 Å². The van der Waals surface area contributed by atoms with Crippen molar-refractivity contribution in [2.24, 2.45) is 0 Å². The standard InChI is InChI=1S/C20H20N6/c21-10-3-4-15-13-23-20(26-19(15)24-16-5-1-2-6-16)25-17-7-8-18-14(12-17)9-11-22-18/h3-4,7-9,11-13,16,22H,1-2,5-6H2,(H2,23,24,25,26). The Kier molecular flexibility index (Phi) is 4.52. The Morgan fingerprint density at radius 3 is 2.96 bits per heavy atom. The molecule has 1 aromatic carbocycles. The molecular formula is C20H20N6. The van der Waals surface area contributed by atoms with Crippen LogP contribution in [0.1, 0.15) is 31.2 Å². The molecule has 3 N–H and O–H groups in total. The maximum atomic E-state index is 8.81. The fourth-order valence-corrected chi connectivity index (χ4v) is 3.34. The molecule has 0 spiro atoms. The molecule has 0 bridgehead atoms. The van der Waals surface area contributed by atoms with E-state index in [9.17, 15) is 0 Å². The lowest BCUT2D eigenvalue weighted by Gasteiger charge is -2.15. The molecule has 130 valence electrons. The van der Waals surface area contributed by atoms with E-state index in [-0.39, 0.29) is 0 Å². The van der Waals surface area contributed by atoms with Crippen molar-refractivity contribution < 1.29 is 0 Å². The number of hydrogen-bond donors (Lipinski definition) is 3. The third-order valence-electron chi connectivity index (χ3n) is 4.66. The summed E-state index contributed by atoms with van der Waals surface area (Å²) in [5.41, 5.74) is 2.85. The van der Waals surface area contributed by atoms with Gasteiger partial charge in [-0.3, -0.25) is 0 Å². The van der Waals surface area contributed by atoms with Crippen LogP contribution < -0.4 is 10.6 Å². The zero-order chi connectivity index (χ0) is 17.8. The predicted octanol–water partition coefficient (Wildman–Crippen LogP) is 4.59. The number of aromatic amines is 1. The molecule has 0 aliphatic heterocycles. The van der Waals surface area contributed by atoms with Gasteiger partial charge in [-0.05, 0) is 43.2 Å². The number of H-pyrrole nitrogens is 1. The first-order valence-electron chi connectivity index (χ1n) is 8.86. The van der Waals surface area contributed by atoms with Gasteiger partial charge in [-0.1, -0.05) is 12.8 Å². The second-order valence-electron chi connectivity index (χ2n) is 6.49. The quantitative estimate of drug-likeness (QED) is 0.589. The molecule has 0 saturated heterocycles. The van der Waals surface area contributed by atoms with E-state index in [1.54, 1.807) is 12.3 Å². The van der Waals surface area contributed by atoms with Crippen LogP contribution in [-0.4, -0.2) is 21.0 Å². The second-order valence-corrected chi connectivity index (χ2v) is 6.49. The van der Waals surface area contributed by atoms with Gasteiger partial charge in [-0.2, -0.15) is 10.2 Å². The summed E-state index contributed by atoms with van der Waals surface area (Å²) in [5.74, 6) is 1.30. The molecule has 0 atom stereocenters. The van der Waals surface area contributed by atoms with Crippen molar-refractivity contribution in [2.75, 3.05) is 10.6 Å². The summed E-state index contributed by atoms with van der Waals surface area (Å²) in [6, 6.07) is 10.6. The third-order valence-corrected chi connectivity index (χ3v) is 4.66. The van der Waals surface area contributed by atoms with Gasteiger partial charge in [0.15, 0.2) is 0 Å². The van der Waals surface area contributed by atoms with Crippen LogP contribution >= 0.6 is 0 Å². The van der Waals surface area contributed by atoms with Gasteiger partial charge >= 0.3 is 0 Å². The first-order valence-corrected chi connectivity index (χ1v) is 8.86. The third kappa shape index (κ3) is 3.52. The number of aromatic nitrogens is 3. The second kappa shape index (κ2) is 7.28. The van der Waals surface area contributed by atoms with E-state index >= 15 is 0 Å². The molecule has 2 heterocycles. The molecule has 1 fully saturated rings. The number of nitrogens with one attached hydrogen (secondary N) is 3. The van der Waals surface area contributed by atoms with E-state index in [0.29, 0.717) is 12.0 Å². The van der Waals surface area contributed by atoms with Gasteiger partial charge in [0.05, 0.1) is 6.07 Å². The van der Waals surface area contributed by atoms with E-state index < -0.39 is 0 Å². The summed E-state index contributed by atoms with van der Waals surface area (Å²) in [5, 5.41) is 16.7. The van der Waals surface area contributed by atoms with Crippen LogP contribution in [0.15, 0.2) is 42.7 Å². The van der Waals surface area contributed by atoms with Gasteiger partial charge in [0.25, 0.3) is 0 Å². The monoisotopic (exact) mass is 344 g/mol. The Balaban J connectivity index is 1.60. The van der Waals surface area contributed by atoms with E-state index in [0.717, 1.165) is 40.8 Å². The minimum Gasteiger partial charge on any atom is -0.367 e. The van der Waals surface area contributed by atoms with E-state index in [2.05, 4.69) is 31.7 Å². The summed E-state index contributed by atoms with van der Waals surface area (Å²) in [6.45, 7) is 0. The molecule has 6 heteroatoms. The first kappa shape index (κ1) is 16.2. The summed E-state index contributed by atoms with van der Waals surface area (Å²) < 4.78 is 0. The molecule has 4 rings (SSSR count). The van der Waals surface area contributed by atoms with Crippen molar-refractivity contribution >= 4 is 34.4 Å². The maximum absolute atomic E-state index is 8.81. The van der Waals surface area contributed by atoms with Crippen LogP contribution in [0.25, 0.3) is 17.0 Å². The Morgan fingerprint density at radius 2 is 2.12 bits per heavy atom. The summed E-state index contributed by atoms with van der Waals surface area (Å²) in [7, 11) is 0. The Labute approximate surface area is 152 Å².